The van der Waals surface area contributed by atoms with Crippen LogP contribution in [0.3, 0.4) is 0 Å². The number of hydrogen-bond acceptors (Lipinski definition) is 3. The van der Waals surface area contributed by atoms with E-state index in [1.54, 1.807) is 0 Å². The Morgan fingerprint density at radius 3 is 2.83 bits per heavy atom. The molecule has 98 valence electrons. The molecule has 1 amide bonds. The summed E-state index contributed by atoms with van der Waals surface area (Å²) in [6.07, 6.45) is 0.597. The van der Waals surface area contributed by atoms with Crippen molar-refractivity contribution in [3.8, 4) is 5.75 Å². The summed E-state index contributed by atoms with van der Waals surface area (Å²) in [5.41, 5.74) is 1.90. The summed E-state index contributed by atoms with van der Waals surface area (Å²) in [4.78, 5) is 11.8. The molecule has 0 unspecified atom stereocenters. The van der Waals surface area contributed by atoms with Gasteiger partial charge in [0.25, 0.3) is 0 Å². The van der Waals surface area contributed by atoms with Gasteiger partial charge >= 0.3 is 0 Å². The third-order valence-electron chi connectivity index (χ3n) is 3.12. The van der Waals surface area contributed by atoms with E-state index in [0.717, 1.165) is 30.1 Å². The van der Waals surface area contributed by atoms with E-state index in [9.17, 15) is 4.79 Å². The molecule has 0 spiro atoms. The van der Waals surface area contributed by atoms with Crippen LogP contribution in [0.4, 0.5) is 5.69 Å². The summed E-state index contributed by atoms with van der Waals surface area (Å²) in [5, 5.41) is 6.12. The van der Waals surface area contributed by atoms with Crippen LogP contribution in [0.2, 0.25) is 0 Å². The first-order valence-corrected chi connectivity index (χ1v) is 6.43. The van der Waals surface area contributed by atoms with Crippen LogP contribution in [0.15, 0.2) is 18.2 Å². The zero-order valence-corrected chi connectivity index (χ0v) is 11.0. The Hall–Kier alpha value is -1.55. The minimum absolute atomic E-state index is 0.0914. The first-order chi connectivity index (χ1) is 8.69. The van der Waals surface area contributed by atoms with E-state index in [2.05, 4.69) is 10.6 Å². The van der Waals surface area contributed by atoms with Gasteiger partial charge in [-0.25, -0.2) is 0 Å². The van der Waals surface area contributed by atoms with Gasteiger partial charge in [0, 0.05) is 12.1 Å². The van der Waals surface area contributed by atoms with E-state index in [-0.39, 0.29) is 5.91 Å². The molecule has 18 heavy (non-hydrogen) atoms. The van der Waals surface area contributed by atoms with E-state index in [0.29, 0.717) is 18.9 Å². The number of hydrogen-bond donors (Lipinski definition) is 2. The minimum atomic E-state index is 0.0914. The van der Waals surface area contributed by atoms with Gasteiger partial charge in [-0.15, -0.1) is 0 Å². The number of carbonyl (C=O) groups excluding carboxylic acids is 1. The molecule has 1 aromatic carbocycles. The van der Waals surface area contributed by atoms with Gasteiger partial charge in [0.2, 0.25) is 5.91 Å². The molecule has 1 saturated heterocycles. The van der Waals surface area contributed by atoms with E-state index >= 15 is 0 Å². The molecule has 4 nitrogen and oxygen atoms in total. The Balaban J connectivity index is 1.93. The van der Waals surface area contributed by atoms with E-state index in [1.165, 1.54) is 0 Å². The summed E-state index contributed by atoms with van der Waals surface area (Å²) < 4.78 is 5.42. The average molecular weight is 248 g/mol. The molecular weight excluding hydrogens is 228 g/mol. The van der Waals surface area contributed by atoms with E-state index in [1.807, 2.05) is 32.0 Å². The number of nitrogens with one attached hydrogen (secondary N) is 2. The van der Waals surface area contributed by atoms with Gasteiger partial charge in [0.15, 0.2) is 0 Å². The molecule has 1 fully saturated rings. The van der Waals surface area contributed by atoms with Crippen LogP contribution in [-0.2, 0) is 4.79 Å². The molecule has 2 N–H and O–H groups in total. The summed E-state index contributed by atoms with van der Waals surface area (Å²) in [6.45, 7) is 6.49. The molecule has 2 rings (SSSR count). The highest BCUT2D eigenvalue weighted by Crippen LogP contribution is 2.22. The molecule has 1 aromatic rings. The van der Waals surface area contributed by atoms with Crippen LogP contribution >= 0.6 is 0 Å². The van der Waals surface area contributed by atoms with Gasteiger partial charge in [-0.3, -0.25) is 4.79 Å². The van der Waals surface area contributed by atoms with Gasteiger partial charge in [0.1, 0.15) is 5.75 Å². The molecule has 4 heteroatoms. The minimum Gasteiger partial charge on any atom is -0.494 e. The van der Waals surface area contributed by atoms with Gasteiger partial charge < -0.3 is 15.4 Å². The van der Waals surface area contributed by atoms with E-state index in [4.69, 9.17) is 4.74 Å². The first-order valence-electron chi connectivity index (χ1n) is 6.43. The van der Waals surface area contributed by atoms with Gasteiger partial charge in [-0.05, 0) is 56.6 Å². The number of anilines is 1. The summed E-state index contributed by atoms with van der Waals surface area (Å²) >= 11 is 0. The fourth-order valence-electron chi connectivity index (χ4n) is 1.99. The Morgan fingerprint density at radius 2 is 2.28 bits per heavy atom. The van der Waals surface area contributed by atoms with Crippen molar-refractivity contribution in [1.29, 1.82) is 0 Å². The Labute approximate surface area is 108 Å². The second kappa shape index (κ2) is 5.87. The summed E-state index contributed by atoms with van der Waals surface area (Å²) in [7, 11) is 0. The van der Waals surface area contributed by atoms with Crippen LogP contribution in [0.25, 0.3) is 0 Å². The number of amides is 1. The zero-order chi connectivity index (χ0) is 13.0. The van der Waals surface area contributed by atoms with Crippen molar-refractivity contribution in [3.63, 3.8) is 0 Å². The van der Waals surface area contributed by atoms with Crippen molar-refractivity contribution >= 4 is 11.6 Å². The maximum absolute atomic E-state index is 11.8. The Kier molecular flexibility index (Phi) is 4.20. The quantitative estimate of drug-likeness (QED) is 0.837. The molecular formula is C14H20N2O2. The second-order valence-corrected chi connectivity index (χ2v) is 4.69. The fraction of sp³-hybridized carbons (Fsp3) is 0.500. The molecule has 0 bridgehead atoms. The van der Waals surface area contributed by atoms with E-state index < -0.39 is 0 Å². The predicted octanol–water partition coefficient (Wildman–Crippen LogP) is 1.94. The highest BCUT2D eigenvalue weighted by Gasteiger charge is 2.20. The van der Waals surface area contributed by atoms with Crippen LogP contribution < -0.4 is 15.4 Å². The number of rotatable bonds is 5. The lowest BCUT2D eigenvalue weighted by atomic mass is 9.99. The normalized spacial score (nSPS) is 15.0. The largest absolute Gasteiger partial charge is 0.494 e. The molecule has 1 aliphatic heterocycles. The van der Waals surface area contributed by atoms with Crippen LogP contribution in [0, 0.1) is 12.8 Å². The van der Waals surface area contributed by atoms with Crippen LogP contribution in [-0.4, -0.2) is 25.6 Å². The van der Waals surface area contributed by atoms with Crippen LogP contribution in [0.1, 0.15) is 18.9 Å². The first kappa shape index (κ1) is 12.9. The lowest BCUT2D eigenvalue weighted by Gasteiger charge is -2.26. The summed E-state index contributed by atoms with van der Waals surface area (Å²) in [6, 6.07) is 5.73. The van der Waals surface area contributed by atoms with Crippen molar-refractivity contribution in [1.82, 2.24) is 5.32 Å². The van der Waals surface area contributed by atoms with Crippen molar-refractivity contribution in [2.24, 2.45) is 5.92 Å². The topological polar surface area (TPSA) is 50.4 Å². The third-order valence-corrected chi connectivity index (χ3v) is 3.12. The molecule has 0 radical (unpaired) electrons. The Morgan fingerprint density at radius 1 is 1.50 bits per heavy atom. The highest BCUT2D eigenvalue weighted by molar-refractivity contribution is 5.91. The number of ether oxygens (including phenoxy) is 1. The average Bonchev–Trinajstić information content (AvgIpc) is 2.28. The number of aryl methyl sites for hydroxylation is 1. The smallest absolute Gasteiger partial charge is 0.224 e. The van der Waals surface area contributed by atoms with Gasteiger partial charge in [-0.1, -0.05) is 0 Å². The van der Waals surface area contributed by atoms with Crippen molar-refractivity contribution in [2.75, 3.05) is 25.0 Å². The zero-order valence-electron chi connectivity index (χ0n) is 11.0. The van der Waals surface area contributed by atoms with Crippen molar-refractivity contribution in [3.05, 3.63) is 23.8 Å². The van der Waals surface area contributed by atoms with Gasteiger partial charge in [-0.2, -0.15) is 0 Å². The molecule has 1 heterocycles. The number of benzene rings is 1. The molecule has 0 aliphatic carbocycles. The predicted molar refractivity (Wildman–Crippen MR) is 72.0 cm³/mol. The number of carbonyl (C=O) groups is 1. The van der Waals surface area contributed by atoms with Crippen LogP contribution in [0.5, 0.6) is 5.75 Å². The maximum Gasteiger partial charge on any atom is 0.224 e. The SMILES string of the molecule is CCOc1ccc(NC(=O)CC2CNC2)c(C)c1. The molecule has 0 atom stereocenters. The van der Waals surface area contributed by atoms with Crippen molar-refractivity contribution in [2.45, 2.75) is 20.3 Å². The third kappa shape index (κ3) is 3.23. The fourth-order valence-corrected chi connectivity index (χ4v) is 1.99. The second-order valence-electron chi connectivity index (χ2n) is 4.69. The highest BCUT2D eigenvalue weighted by atomic mass is 16.5. The molecule has 0 aromatic heterocycles. The molecule has 1 aliphatic rings. The molecule has 0 saturated carbocycles. The standard InChI is InChI=1S/C14H20N2O2/c1-3-18-12-4-5-13(10(2)6-12)16-14(17)7-11-8-15-9-11/h4-6,11,15H,3,7-9H2,1-2H3,(H,16,17). The summed E-state index contributed by atoms with van der Waals surface area (Å²) in [5.74, 6) is 1.43. The lowest BCUT2D eigenvalue weighted by Crippen LogP contribution is -2.43. The van der Waals surface area contributed by atoms with Crippen molar-refractivity contribution < 1.29 is 9.53 Å². The lowest BCUT2D eigenvalue weighted by molar-refractivity contribution is -0.117. The Bertz CT molecular complexity index is 428. The maximum atomic E-state index is 11.8. The van der Waals surface area contributed by atoms with Gasteiger partial charge in [0.05, 0.1) is 6.61 Å². The monoisotopic (exact) mass is 248 g/mol.